The lowest BCUT2D eigenvalue weighted by atomic mass is 10.1. The number of alkyl halides is 3. The van der Waals surface area contributed by atoms with Gasteiger partial charge in [-0.1, -0.05) is 12.1 Å². The van der Waals surface area contributed by atoms with Crippen LogP contribution in [-0.4, -0.2) is 81.8 Å². The zero-order chi connectivity index (χ0) is 32.5. The van der Waals surface area contributed by atoms with Gasteiger partial charge in [0.25, 0.3) is 0 Å². The van der Waals surface area contributed by atoms with Gasteiger partial charge in [0.1, 0.15) is 35.6 Å². The van der Waals surface area contributed by atoms with Gasteiger partial charge in [-0.15, -0.1) is 0 Å². The molecule has 46 heavy (non-hydrogen) atoms. The quantitative estimate of drug-likeness (QED) is 0.247. The summed E-state index contributed by atoms with van der Waals surface area (Å²) in [5, 5.41) is 0. The number of rotatable bonds is 12. The molecule has 1 N–H and O–H groups in total. The van der Waals surface area contributed by atoms with E-state index in [1.807, 2.05) is 47.4 Å². The number of nitrogens with one attached hydrogen (secondary N) is 1. The average molecular weight is 643 g/mol. The van der Waals surface area contributed by atoms with Gasteiger partial charge in [0.15, 0.2) is 0 Å². The third-order valence-electron chi connectivity index (χ3n) is 8.39. The first-order chi connectivity index (χ1) is 22.2. The standard InChI is InChI=1S/C34H41F3N4O5/c1-43-32-23-30(11-12-31(32)38-44-2)46-29-13-17-41(18-14-29)33(42)15-16-39-19-21-40(22-20-39)27-7-9-28(10-8-27)45-24-25-3-5-26(6-4-25)34(35,36)37/h3-12,23,29,38H,13-22,24H2,1-2H3. The molecule has 2 heterocycles. The number of hydrogen-bond donors (Lipinski definition) is 1. The number of piperazine rings is 1. The molecule has 3 aromatic carbocycles. The van der Waals surface area contributed by atoms with E-state index in [1.54, 1.807) is 14.2 Å². The highest BCUT2D eigenvalue weighted by atomic mass is 19.4. The van der Waals surface area contributed by atoms with E-state index in [4.69, 9.17) is 19.0 Å². The highest BCUT2D eigenvalue weighted by Crippen LogP contribution is 2.31. The summed E-state index contributed by atoms with van der Waals surface area (Å²) in [4.78, 5) is 24.5. The first-order valence-electron chi connectivity index (χ1n) is 15.5. The van der Waals surface area contributed by atoms with Crippen molar-refractivity contribution in [2.75, 3.05) is 70.4 Å². The molecule has 9 nitrogen and oxygen atoms in total. The van der Waals surface area contributed by atoms with Crippen LogP contribution in [-0.2, 0) is 22.4 Å². The molecule has 0 bridgehead atoms. The Morgan fingerprint density at radius 1 is 0.870 bits per heavy atom. The Labute approximate surface area is 267 Å². The van der Waals surface area contributed by atoms with Crippen LogP contribution in [0.1, 0.15) is 30.4 Å². The van der Waals surface area contributed by atoms with Crippen LogP contribution >= 0.6 is 0 Å². The van der Waals surface area contributed by atoms with E-state index >= 15 is 0 Å². The van der Waals surface area contributed by atoms with E-state index in [2.05, 4.69) is 15.3 Å². The minimum atomic E-state index is -4.35. The molecule has 0 aromatic heterocycles. The molecule has 0 spiro atoms. The average Bonchev–Trinajstić information content (AvgIpc) is 3.07. The van der Waals surface area contributed by atoms with Crippen molar-refractivity contribution in [1.29, 1.82) is 0 Å². The van der Waals surface area contributed by atoms with E-state index in [0.29, 0.717) is 36.6 Å². The molecule has 3 aromatic rings. The van der Waals surface area contributed by atoms with Crippen LogP contribution in [0.5, 0.6) is 17.2 Å². The second kappa shape index (κ2) is 15.4. The third kappa shape index (κ3) is 8.97. The Hall–Kier alpha value is -4.16. The van der Waals surface area contributed by atoms with E-state index in [-0.39, 0.29) is 18.6 Å². The summed E-state index contributed by atoms with van der Waals surface area (Å²) >= 11 is 0. The van der Waals surface area contributed by atoms with Gasteiger partial charge in [-0.05, 0) is 54.1 Å². The van der Waals surface area contributed by atoms with Crippen molar-refractivity contribution in [3.63, 3.8) is 0 Å². The maximum atomic E-state index is 13.0. The predicted molar refractivity (Wildman–Crippen MR) is 169 cm³/mol. The third-order valence-corrected chi connectivity index (χ3v) is 8.39. The summed E-state index contributed by atoms with van der Waals surface area (Å²) < 4.78 is 55.6. The Bertz CT molecular complexity index is 1410. The summed E-state index contributed by atoms with van der Waals surface area (Å²) in [7, 11) is 3.14. The highest BCUT2D eigenvalue weighted by Gasteiger charge is 2.30. The van der Waals surface area contributed by atoms with Crippen LogP contribution in [0, 0.1) is 0 Å². The highest BCUT2D eigenvalue weighted by molar-refractivity contribution is 5.76. The molecule has 2 saturated heterocycles. The van der Waals surface area contributed by atoms with E-state index in [9.17, 15) is 18.0 Å². The summed E-state index contributed by atoms with van der Waals surface area (Å²) in [6.07, 6.45) is -2.24. The lowest BCUT2D eigenvalue weighted by Crippen LogP contribution is -2.48. The van der Waals surface area contributed by atoms with Gasteiger partial charge in [0.05, 0.1) is 19.8 Å². The number of amides is 1. The first kappa shape index (κ1) is 33.2. The summed E-state index contributed by atoms with van der Waals surface area (Å²) in [6.45, 7) is 5.75. The SMILES string of the molecule is CONc1ccc(OC2CCN(C(=O)CCN3CCN(c4ccc(OCc5ccc(C(F)(F)F)cc5)cc4)CC3)CC2)cc1OC. The topological polar surface area (TPSA) is 75.7 Å². The second-order valence-electron chi connectivity index (χ2n) is 11.4. The zero-order valence-corrected chi connectivity index (χ0v) is 26.2. The predicted octanol–water partition coefficient (Wildman–Crippen LogP) is 5.85. The van der Waals surface area contributed by atoms with Gasteiger partial charge < -0.3 is 24.0 Å². The molecule has 0 radical (unpaired) electrons. The summed E-state index contributed by atoms with van der Waals surface area (Å²) in [5.41, 5.74) is 4.59. The number of halogens is 3. The maximum absolute atomic E-state index is 13.0. The molecule has 0 atom stereocenters. The minimum absolute atomic E-state index is 0.0442. The summed E-state index contributed by atoms with van der Waals surface area (Å²) in [6, 6.07) is 18.3. The van der Waals surface area contributed by atoms with Crippen LogP contribution in [0.15, 0.2) is 66.7 Å². The number of ether oxygens (including phenoxy) is 3. The van der Waals surface area contributed by atoms with Gasteiger partial charge in [-0.25, -0.2) is 0 Å². The van der Waals surface area contributed by atoms with Gasteiger partial charge >= 0.3 is 6.18 Å². The second-order valence-corrected chi connectivity index (χ2v) is 11.4. The maximum Gasteiger partial charge on any atom is 0.416 e. The van der Waals surface area contributed by atoms with Gasteiger partial charge in [-0.2, -0.15) is 13.2 Å². The van der Waals surface area contributed by atoms with Crippen LogP contribution in [0.3, 0.4) is 0 Å². The van der Waals surface area contributed by atoms with Crippen molar-refractivity contribution in [3.8, 4) is 17.2 Å². The number of carbonyl (C=O) groups excluding carboxylic acids is 1. The molecular formula is C34H41F3N4O5. The molecule has 2 aliphatic rings. The number of benzene rings is 3. The first-order valence-corrected chi connectivity index (χ1v) is 15.5. The van der Waals surface area contributed by atoms with Crippen molar-refractivity contribution < 1.29 is 37.0 Å². The molecular weight excluding hydrogens is 601 g/mol. The molecule has 0 unspecified atom stereocenters. The lowest BCUT2D eigenvalue weighted by Gasteiger charge is -2.37. The van der Waals surface area contributed by atoms with Crippen molar-refractivity contribution in [2.24, 2.45) is 0 Å². The van der Waals surface area contributed by atoms with E-state index < -0.39 is 11.7 Å². The smallest absolute Gasteiger partial charge is 0.416 e. The fourth-order valence-electron chi connectivity index (χ4n) is 5.71. The van der Waals surface area contributed by atoms with Gasteiger partial charge in [-0.3, -0.25) is 20.0 Å². The molecule has 0 saturated carbocycles. The largest absolute Gasteiger partial charge is 0.494 e. The van der Waals surface area contributed by atoms with Crippen molar-refractivity contribution in [1.82, 2.24) is 9.80 Å². The Kier molecular flexibility index (Phi) is 11.1. The van der Waals surface area contributed by atoms with Crippen molar-refractivity contribution in [3.05, 3.63) is 77.9 Å². The monoisotopic (exact) mass is 642 g/mol. The molecule has 2 aliphatic heterocycles. The fraction of sp³-hybridized carbons (Fsp3) is 0.441. The lowest BCUT2D eigenvalue weighted by molar-refractivity contribution is -0.137. The van der Waals surface area contributed by atoms with Crippen molar-refractivity contribution >= 4 is 17.3 Å². The Morgan fingerprint density at radius 3 is 2.17 bits per heavy atom. The Balaban J connectivity index is 0.985. The molecule has 5 rings (SSSR count). The van der Waals surface area contributed by atoms with Gasteiger partial charge in [0.2, 0.25) is 5.91 Å². The molecule has 12 heteroatoms. The van der Waals surface area contributed by atoms with Crippen LogP contribution in [0.25, 0.3) is 0 Å². The Morgan fingerprint density at radius 2 is 1.54 bits per heavy atom. The minimum Gasteiger partial charge on any atom is -0.494 e. The number of nitrogens with zero attached hydrogens (tertiary/aromatic N) is 3. The molecule has 0 aliphatic carbocycles. The number of hydrogen-bond acceptors (Lipinski definition) is 8. The van der Waals surface area contributed by atoms with Crippen LogP contribution < -0.4 is 24.6 Å². The van der Waals surface area contributed by atoms with Gasteiger partial charge in [0, 0.05) is 76.8 Å². The molecule has 1 amide bonds. The molecule has 248 valence electrons. The van der Waals surface area contributed by atoms with Crippen LogP contribution in [0.4, 0.5) is 24.5 Å². The molecule has 2 fully saturated rings. The summed E-state index contributed by atoms with van der Waals surface area (Å²) in [5.74, 6) is 2.20. The van der Waals surface area contributed by atoms with Crippen LogP contribution in [0.2, 0.25) is 0 Å². The number of piperidine rings is 1. The zero-order valence-electron chi connectivity index (χ0n) is 26.2. The van der Waals surface area contributed by atoms with E-state index in [1.165, 1.54) is 12.1 Å². The number of anilines is 2. The fourth-order valence-corrected chi connectivity index (χ4v) is 5.71. The number of likely N-dealkylation sites (tertiary alicyclic amines) is 1. The number of methoxy groups -OCH3 is 1. The number of carbonyl (C=O) groups is 1. The normalized spacial score (nSPS) is 16.3. The van der Waals surface area contributed by atoms with Crippen molar-refractivity contribution in [2.45, 2.75) is 38.1 Å². The van der Waals surface area contributed by atoms with E-state index in [0.717, 1.165) is 74.8 Å².